The largest absolute Gasteiger partial charge is 0.369 e. The summed E-state index contributed by atoms with van der Waals surface area (Å²) in [5, 5.41) is 3.19. The molecule has 2 rings (SSSR count). The zero-order valence-corrected chi connectivity index (χ0v) is 12.1. The summed E-state index contributed by atoms with van der Waals surface area (Å²) in [5.41, 5.74) is 2.58. The van der Waals surface area contributed by atoms with Crippen LogP contribution in [0.5, 0.6) is 0 Å². The van der Waals surface area contributed by atoms with Crippen LogP contribution in [0.3, 0.4) is 0 Å². The van der Waals surface area contributed by atoms with E-state index in [1.54, 1.807) is 0 Å². The highest BCUT2D eigenvalue weighted by molar-refractivity contribution is 7.12. The van der Waals surface area contributed by atoms with Crippen molar-refractivity contribution in [3.8, 4) is 0 Å². The van der Waals surface area contributed by atoms with Gasteiger partial charge in [0.25, 0.3) is 0 Å². The molecule has 0 aliphatic heterocycles. The number of hydrogen-bond acceptors (Lipinski definition) is 3. The Morgan fingerprint density at radius 1 is 1.17 bits per heavy atom. The zero-order valence-electron chi connectivity index (χ0n) is 11.2. The summed E-state index contributed by atoms with van der Waals surface area (Å²) in [5.74, 6) is 0. The number of rotatable bonds is 5. The highest BCUT2D eigenvalue weighted by atomic mass is 32.1. The SMILES string of the molecule is CNCc1ccc(CN(C)c2cccc(C)c2)s1. The van der Waals surface area contributed by atoms with Crippen molar-refractivity contribution in [3.05, 3.63) is 51.7 Å². The number of anilines is 1. The van der Waals surface area contributed by atoms with Crippen LogP contribution in [0, 0.1) is 6.92 Å². The van der Waals surface area contributed by atoms with Gasteiger partial charge in [0.2, 0.25) is 0 Å². The molecule has 0 atom stereocenters. The molecular weight excluding hydrogens is 240 g/mol. The van der Waals surface area contributed by atoms with E-state index in [0.717, 1.165) is 13.1 Å². The van der Waals surface area contributed by atoms with Crippen molar-refractivity contribution >= 4 is 17.0 Å². The van der Waals surface area contributed by atoms with Crippen LogP contribution in [-0.4, -0.2) is 14.1 Å². The normalized spacial score (nSPS) is 10.6. The van der Waals surface area contributed by atoms with Crippen molar-refractivity contribution in [3.63, 3.8) is 0 Å². The third kappa shape index (κ3) is 3.34. The van der Waals surface area contributed by atoms with Gasteiger partial charge in [0.05, 0.1) is 6.54 Å². The molecule has 96 valence electrons. The average Bonchev–Trinajstić information content (AvgIpc) is 2.77. The second-order valence-electron chi connectivity index (χ2n) is 4.59. The lowest BCUT2D eigenvalue weighted by molar-refractivity contribution is 0.831. The molecule has 1 heterocycles. The van der Waals surface area contributed by atoms with Gasteiger partial charge in [-0.1, -0.05) is 12.1 Å². The Balaban J connectivity index is 2.04. The summed E-state index contributed by atoms with van der Waals surface area (Å²) in [6, 6.07) is 13.1. The number of nitrogens with zero attached hydrogens (tertiary/aromatic N) is 1. The van der Waals surface area contributed by atoms with Gasteiger partial charge < -0.3 is 10.2 Å². The summed E-state index contributed by atoms with van der Waals surface area (Å²) in [6.45, 7) is 4.06. The number of thiophene rings is 1. The Morgan fingerprint density at radius 3 is 2.67 bits per heavy atom. The summed E-state index contributed by atoms with van der Waals surface area (Å²) in [7, 11) is 4.13. The third-order valence-electron chi connectivity index (χ3n) is 2.90. The number of nitrogens with one attached hydrogen (secondary N) is 1. The molecule has 1 N–H and O–H groups in total. The molecule has 0 fully saturated rings. The molecule has 1 aromatic heterocycles. The quantitative estimate of drug-likeness (QED) is 0.886. The van der Waals surface area contributed by atoms with Crippen molar-refractivity contribution in [1.82, 2.24) is 5.32 Å². The molecule has 0 unspecified atom stereocenters. The minimum absolute atomic E-state index is 0.957. The molecule has 1 aromatic carbocycles. The fourth-order valence-electron chi connectivity index (χ4n) is 1.97. The summed E-state index contributed by atoms with van der Waals surface area (Å²) in [6.07, 6.45) is 0. The van der Waals surface area contributed by atoms with Crippen LogP contribution in [0.2, 0.25) is 0 Å². The fourth-order valence-corrected chi connectivity index (χ4v) is 3.05. The van der Waals surface area contributed by atoms with E-state index in [4.69, 9.17) is 0 Å². The minimum atomic E-state index is 0.957. The molecule has 0 saturated heterocycles. The molecule has 3 heteroatoms. The van der Waals surface area contributed by atoms with Gasteiger partial charge >= 0.3 is 0 Å². The predicted molar refractivity (Wildman–Crippen MR) is 80.4 cm³/mol. The summed E-state index contributed by atoms with van der Waals surface area (Å²) >= 11 is 1.88. The van der Waals surface area contributed by atoms with Crippen molar-refractivity contribution < 1.29 is 0 Å². The second-order valence-corrected chi connectivity index (χ2v) is 5.85. The lowest BCUT2D eigenvalue weighted by atomic mass is 10.2. The van der Waals surface area contributed by atoms with Crippen LogP contribution in [0.25, 0.3) is 0 Å². The van der Waals surface area contributed by atoms with E-state index in [9.17, 15) is 0 Å². The van der Waals surface area contributed by atoms with Crippen LogP contribution in [-0.2, 0) is 13.1 Å². The Hall–Kier alpha value is -1.32. The van der Waals surface area contributed by atoms with Crippen molar-refractivity contribution in [2.75, 3.05) is 19.0 Å². The molecule has 0 radical (unpaired) electrons. The zero-order chi connectivity index (χ0) is 13.0. The maximum Gasteiger partial charge on any atom is 0.0519 e. The monoisotopic (exact) mass is 260 g/mol. The van der Waals surface area contributed by atoms with E-state index in [0.29, 0.717) is 0 Å². The standard InChI is InChI=1S/C15H20N2S/c1-12-5-4-6-13(9-12)17(3)11-15-8-7-14(18-15)10-16-2/h4-9,16H,10-11H2,1-3H3. The average molecular weight is 260 g/mol. The molecule has 2 aromatic rings. The van der Waals surface area contributed by atoms with Gasteiger partial charge in [-0.25, -0.2) is 0 Å². The summed E-state index contributed by atoms with van der Waals surface area (Å²) in [4.78, 5) is 5.09. The Morgan fingerprint density at radius 2 is 1.94 bits per heavy atom. The number of hydrogen-bond donors (Lipinski definition) is 1. The van der Waals surface area contributed by atoms with Crippen LogP contribution in [0.4, 0.5) is 5.69 Å². The van der Waals surface area contributed by atoms with E-state index < -0.39 is 0 Å². The Kier molecular flexibility index (Phi) is 4.39. The highest BCUT2D eigenvalue weighted by Crippen LogP contribution is 2.21. The van der Waals surface area contributed by atoms with Crippen LogP contribution >= 0.6 is 11.3 Å². The lowest BCUT2D eigenvalue weighted by Gasteiger charge is -2.18. The van der Waals surface area contributed by atoms with Crippen molar-refractivity contribution in [1.29, 1.82) is 0 Å². The first kappa shape index (κ1) is 13.1. The van der Waals surface area contributed by atoms with Gasteiger partial charge in [-0.2, -0.15) is 0 Å². The number of benzene rings is 1. The van der Waals surface area contributed by atoms with Crippen LogP contribution in [0.15, 0.2) is 36.4 Å². The van der Waals surface area contributed by atoms with E-state index in [1.807, 2.05) is 18.4 Å². The maximum atomic E-state index is 3.19. The van der Waals surface area contributed by atoms with Crippen molar-refractivity contribution in [2.45, 2.75) is 20.0 Å². The van der Waals surface area contributed by atoms with Gasteiger partial charge in [0.15, 0.2) is 0 Å². The van der Waals surface area contributed by atoms with Gasteiger partial charge in [-0.05, 0) is 43.8 Å². The summed E-state index contributed by atoms with van der Waals surface area (Å²) < 4.78 is 0. The van der Waals surface area contributed by atoms with Crippen LogP contribution < -0.4 is 10.2 Å². The molecule has 0 aliphatic rings. The fraction of sp³-hybridized carbons (Fsp3) is 0.333. The lowest BCUT2D eigenvalue weighted by Crippen LogP contribution is -2.15. The van der Waals surface area contributed by atoms with Gasteiger partial charge in [0, 0.05) is 29.0 Å². The van der Waals surface area contributed by atoms with Gasteiger partial charge in [-0.15, -0.1) is 11.3 Å². The van der Waals surface area contributed by atoms with E-state index in [1.165, 1.54) is 21.0 Å². The first-order chi connectivity index (χ1) is 8.69. The second kappa shape index (κ2) is 6.03. The number of aryl methyl sites for hydroxylation is 1. The van der Waals surface area contributed by atoms with E-state index in [-0.39, 0.29) is 0 Å². The molecule has 0 bridgehead atoms. The van der Waals surface area contributed by atoms with E-state index in [2.05, 4.69) is 60.6 Å². The predicted octanol–water partition coefficient (Wildman–Crippen LogP) is 3.41. The first-order valence-corrected chi connectivity index (χ1v) is 7.00. The van der Waals surface area contributed by atoms with Gasteiger partial charge in [0.1, 0.15) is 0 Å². The molecule has 0 spiro atoms. The minimum Gasteiger partial charge on any atom is -0.369 e. The molecule has 2 nitrogen and oxygen atoms in total. The van der Waals surface area contributed by atoms with Crippen molar-refractivity contribution in [2.24, 2.45) is 0 Å². The maximum absolute atomic E-state index is 3.19. The third-order valence-corrected chi connectivity index (χ3v) is 3.97. The topological polar surface area (TPSA) is 15.3 Å². The van der Waals surface area contributed by atoms with E-state index >= 15 is 0 Å². The molecular formula is C15H20N2S. The molecule has 0 saturated carbocycles. The highest BCUT2D eigenvalue weighted by Gasteiger charge is 2.05. The van der Waals surface area contributed by atoms with Gasteiger partial charge in [-0.3, -0.25) is 0 Å². The molecule has 0 aliphatic carbocycles. The van der Waals surface area contributed by atoms with Crippen LogP contribution in [0.1, 0.15) is 15.3 Å². The Bertz CT molecular complexity index is 505. The first-order valence-electron chi connectivity index (χ1n) is 6.19. The molecule has 18 heavy (non-hydrogen) atoms. The smallest absolute Gasteiger partial charge is 0.0519 e. The Labute approximate surface area is 113 Å². The molecule has 0 amide bonds.